The minimum Gasteiger partial charge on any atom is -0.445 e. The van der Waals surface area contributed by atoms with E-state index in [0.29, 0.717) is 12.8 Å². The number of ether oxygens (including phenoxy) is 1. The van der Waals surface area contributed by atoms with Crippen LogP contribution in [0.3, 0.4) is 0 Å². The van der Waals surface area contributed by atoms with Crippen LogP contribution in [0.4, 0.5) is 13.6 Å². The second kappa shape index (κ2) is 6.17. The summed E-state index contributed by atoms with van der Waals surface area (Å²) in [6.45, 7) is -1.26. The van der Waals surface area contributed by atoms with Crippen molar-refractivity contribution in [3.63, 3.8) is 0 Å². The minimum atomic E-state index is -3.33. The number of alkyl halides is 2. The second-order valence-electron chi connectivity index (χ2n) is 4.94. The topological polar surface area (TPSA) is 58.6 Å². The summed E-state index contributed by atoms with van der Waals surface area (Å²) in [5, 5.41) is 10.9. The number of benzene rings is 1. The number of rotatable bonds is 6. The first-order valence-corrected chi connectivity index (χ1v) is 6.49. The molecule has 110 valence electrons. The number of carbonyl (C=O) groups excluding carboxylic acids is 1. The van der Waals surface area contributed by atoms with Gasteiger partial charge in [-0.2, -0.15) is 0 Å². The molecule has 0 unspecified atom stereocenters. The molecule has 2 rings (SSSR count). The molecule has 1 saturated carbocycles. The fourth-order valence-corrected chi connectivity index (χ4v) is 1.99. The van der Waals surface area contributed by atoms with Gasteiger partial charge >= 0.3 is 6.09 Å². The van der Waals surface area contributed by atoms with Gasteiger partial charge in [-0.25, -0.2) is 13.6 Å². The number of amides is 1. The molecule has 4 nitrogen and oxygen atoms in total. The van der Waals surface area contributed by atoms with Crippen molar-refractivity contribution in [3.05, 3.63) is 35.9 Å². The number of aliphatic hydroxyl groups excluding tert-OH is 1. The fraction of sp³-hybridized carbons (Fsp3) is 0.500. The van der Waals surface area contributed by atoms with Gasteiger partial charge in [0.25, 0.3) is 5.92 Å². The van der Waals surface area contributed by atoms with E-state index in [2.05, 4.69) is 5.32 Å². The SMILES string of the molecule is O=C(N[C@@H](C1CC1)C(F)(F)CO)OCc1ccccc1. The molecule has 0 radical (unpaired) electrons. The highest BCUT2D eigenvalue weighted by Gasteiger charge is 2.48. The molecule has 2 N–H and O–H groups in total. The Morgan fingerprint density at radius 3 is 2.60 bits per heavy atom. The molecule has 0 saturated heterocycles. The van der Waals surface area contributed by atoms with Crippen LogP contribution >= 0.6 is 0 Å². The van der Waals surface area contributed by atoms with Crippen LogP contribution in [0.1, 0.15) is 18.4 Å². The standard InChI is InChI=1S/C14H17F2NO3/c15-14(16,9-18)12(11-6-7-11)17-13(19)20-8-10-4-2-1-3-5-10/h1-5,11-12,18H,6-9H2,(H,17,19)/t12-/m0/s1. The van der Waals surface area contributed by atoms with Crippen LogP contribution < -0.4 is 5.32 Å². The van der Waals surface area contributed by atoms with E-state index >= 15 is 0 Å². The molecule has 1 aliphatic rings. The minimum absolute atomic E-state index is 0.0226. The summed E-state index contributed by atoms with van der Waals surface area (Å²) < 4.78 is 31.9. The maximum Gasteiger partial charge on any atom is 0.407 e. The van der Waals surface area contributed by atoms with Crippen LogP contribution in [0.25, 0.3) is 0 Å². The van der Waals surface area contributed by atoms with Crippen molar-refractivity contribution in [1.29, 1.82) is 0 Å². The molecule has 0 heterocycles. The lowest BCUT2D eigenvalue weighted by atomic mass is 10.1. The fourth-order valence-electron chi connectivity index (χ4n) is 1.99. The lowest BCUT2D eigenvalue weighted by molar-refractivity contribution is -0.0838. The van der Waals surface area contributed by atoms with Crippen molar-refractivity contribution in [3.8, 4) is 0 Å². The third-order valence-electron chi connectivity index (χ3n) is 3.25. The predicted octanol–water partition coefficient (Wildman–Crippen LogP) is 2.32. The van der Waals surface area contributed by atoms with Gasteiger partial charge in [-0.1, -0.05) is 30.3 Å². The molecule has 0 aromatic heterocycles. The highest BCUT2D eigenvalue weighted by Crippen LogP contribution is 2.39. The number of hydrogen-bond acceptors (Lipinski definition) is 3. The summed E-state index contributed by atoms with van der Waals surface area (Å²) in [6.07, 6.45) is 0.359. The zero-order chi connectivity index (χ0) is 14.6. The van der Waals surface area contributed by atoms with Crippen LogP contribution in [0.15, 0.2) is 30.3 Å². The summed E-state index contributed by atoms with van der Waals surface area (Å²) in [7, 11) is 0. The van der Waals surface area contributed by atoms with E-state index in [0.717, 1.165) is 5.56 Å². The summed E-state index contributed by atoms with van der Waals surface area (Å²) in [6, 6.07) is 7.60. The molecule has 1 aliphatic carbocycles. The first-order valence-electron chi connectivity index (χ1n) is 6.49. The molecule has 0 aliphatic heterocycles. The average Bonchev–Trinajstić information content (AvgIpc) is 3.28. The van der Waals surface area contributed by atoms with E-state index in [9.17, 15) is 13.6 Å². The van der Waals surface area contributed by atoms with Gasteiger partial charge in [0.05, 0.1) is 0 Å². The maximum atomic E-state index is 13.5. The van der Waals surface area contributed by atoms with Gasteiger partial charge in [0.1, 0.15) is 19.3 Å². The van der Waals surface area contributed by atoms with Crippen molar-refractivity contribution < 1.29 is 23.4 Å². The molecule has 0 spiro atoms. The Kier molecular flexibility index (Phi) is 4.54. The van der Waals surface area contributed by atoms with Gasteiger partial charge in [-0.15, -0.1) is 0 Å². The predicted molar refractivity (Wildman–Crippen MR) is 68.3 cm³/mol. The number of alkyl carbamates (subject to hydrolysis) is 1. The lowest BCUT2D eigenvalue weighted by Gasteiger charge is -2.25. The number of nitrogens with one attached hydrogen (secondary N) is 1. The normalized spacial score (nSPS) is 16.6. The van der Waals surface area contributed by atoms with Gasteiger partial charge in [-0.05, 0) is 24.3 Å². The Morgan fingerprint density at radius 2 is 2.05 bits per heavy atom. The van der Waals surface area contributed by atoms with E-state index < -0.39 is 24.7 Å². The van der Waals surface area contributed by atoms with Gasteiger partial charge in [0.2, 0.25) is 0 Å². The summed E-state index contributed by atoms with van der Waals surface area (Å²) >= 11 is 0. The van der Waals surface area contributed by atoms with Crippen LogP contribution in [0, 0.1) is 5.92 Å². The molecule has 1 atom stereocenters. The quantitative estimate of drug-likeness (QED) is 0.843. The first-order chi connectivity index (χ1) is 9.53. The first kappa shape index (κ1) is 14.7. The molecule has 1 aromatic rings. The molecule has 1 fully saturated rings. The maximum absolute atomic E-state index is 13.5. The Labute approximate surface area is 115 Å². The number of carbonyl (C=O) groups is 1. The monoisotopic (exact) mass is 285 g/mol. The Morgan fingerprint density at radius 1 is 1.40 bits per heavy atom. The van der Waals surface area contributed by atoms with E-state index in [1.807, 2.05) is 6.07 Å². The molecule has 20 heavy (non-hydrogen) atoms. The van der Waals surface area contributed by atoms with Crippen LogP contribution in [-0.2, 0) is 11.3 Å². The Bertz CT molecular complexity index is 449. The lowest BCUT2D eigenvalue weighted by Crippen LogP contribution is -2.51. The van der Waals surface area contributed by atoms with E-state index in [4.69, 9.17) is 9.84 Å². The largest absolute Gasteiger partial charge is 0.445 e. The molecule has 0 bridgehead atoms. The number of aliphatic hydroxyl groups is 1. The molecule has 6 heteroatoms. The smallest absolute Gasteiger partial charge is 0.407 e. The number of halogens is 2. The van der Waals surface area contributed by atoms with Gasteiger partial charge in [0.15, 0.2) is 0 Å². The molecular formula is C14H17F2NO3. The zero-order valence-electron chi connectivity index (χ0n) is 10.9. The van der Waals surface area contributed by atoms with E-state index in [1.54, 1.807) is 24.3 Å². The third kappa shape index (κ3) is 3.90. The van der Waals surface area contributed by atoms with Crippen molar-refractivity contribution in [2.24, 2.45) is 5.92 Å². The van der Waals surface area contributed by atoms with E-state index in [1.165, 1.54) is 0 Å². The Hall–Kier alpha value is -1.69. The average molecular weight is 285 g/mol. The van der Waals surface area contributed by atoms with Gasteiger partial charge in [0, 0.05) is 0 Å². The molecule has 1 aromatic carbocycles. The van der Waals surface area contributed by atoms with Crippen LogP contribution in [0.5, 0.6) is 0 Å². The van der Waals surface area contributed by atoms with Crippen molar-refractivity contribution in [2.45, 2.75) is 31.4 Å². The summed E-state index contributed by atoms with van der Waals surface area (Å²) in [4.78, 5) is 11.6. The molecular weight excluding hydrogens is 268 g/mol. The van der Waals surface area contributed by atoms with Crippen molar-refractivity contribution in [1.82, 2.24) is 5.32 Å². The highest BCUT2D eigenvalue weighted by molar-refractivity contribution is 5.67. The zero-order valence-corrected chi connectivity index (χ0v) is 10.9. The number of hydrogen-bond donors (Lipinski definition) is 2. The van der Waals surface area contributed by atoms with Crippen molar-refractivity contribution in [2.75, 3.05) is 6.61 Å². The van der Waals surface area contributed by atoms with Crippen LogP contribution in [0.2, 0.25) is 0 Å². The van der Waals surface area contributed by atoms with Crippen LogP contribution in [-0.4, -0.2) is 29.8 Å². The highest BCUT2D eigenvalue weighted by atomic mass is 19.3. The Balaban J connectivity index is 1.86. The van der Waals surface area contributed by atoms with Gasteiger partial charge < -0.3 is 15.2 Å². The summed E-state index contributed by atoms with van der Waals surface area (Å²) in [5.74, 6) is -3.62. The summed E-state index contributed by atoms with van der Waals surface area (Å²) in [5.41, 5.74) is 0.777. The van der Waals surface area contributed by atoms with E-state index in [-0.39, 0.29) is 12.5 Å². The second-order valence-corrected chi connectivity index (χ2v) is 4.94. The molecule has 1 amide bonds. The van der Waals surface area contributed by atoms with Crippen molar-refractivity contribution >= 4 is 6.09 Å². The third-order valence-corrected chi connectivity index (χ3v) is 3.25. The van der Waals surface area contributed by atoms with Gasteiger partial charge in [-0.3, -0.25) is 0 Å².